The molecule has 1 heterocycles. The molecule has 6 heteroatoms. The summed E-state index contributed by atoms with van der Waals surface area (Å²) in [7, 11) is 0. The van der Waals surface area contributed by atoms with Crippen molar-refractivity contribution in [3.63, 3.8) is 0 Å². The van der Waals surface area contributed by atoms with Crippen molar-refractivity contribution in [2.45, 2.75) is 53.6 Å². The van der Waals surface area contributed by atoms with Gasteiger partial charge in [0.2, 0.25) is 0 Å². The Morgan fingerprint density at radius 3 is 2.55 bits per heavy atom. The lowest BCUT2D eigenvalue weighted by atomic mass is 10.3. The quantitative estimate of drug-likeness (QED) is 0.541. The second kappa shape index (κ2) is 10.6. The molecule has 1 unspecified atom stereocenters. The van der Waals surface area contributed by atoms with Crippen LogP contribution in [-0.2, 0) is 13.0 Å². The number of aliphatic imine (C=N–C) groups is 1. The minimum absolute atomic E-state index is 0.491. The highest BCUT2D eigenvalue weighted by Crippen LogP contribution is 2.13. The Hall–Kier alpha value is -1.14. The summed E-state index contributed by atoms with van der Waals surface area (Å²) in [6.45, 7) is 15.4. The standard InChI is InChI=1S/C16H31N5S/c1-6-14-11-18-15(22-14)12-20-16(17-7-2)19-10-13(5)21(8-3)9-4/h11,13H,6-10,12H2,1-5H3,(H2,17,19,20). The number of hydrogen-bond donors (Lipinski definition) is 2. The van der Waals surface area contributed by atoms with Crippen LogP contribution < -0.4 is 10.6 Å². The monoisotopic (exact) mass is 325 g/mol. The van der Waals surface area contributed by atoms with Gasteiger partial charge in [-0.2, -0.15) is 0 Å². The lowest BCUT2D eigenvalue weighted by Crippen LogP contribution is -2.45. The molecule has 0 saturated carbocycles. The van der Waals surface area contributed by atoms with E-state index in [1.807, 2.05) is 6.20 Å². The maximum atomic E-state index is 4.64. The van der Waals surface area contributed by atoms with Gasteiger partial charge in [0.15, 0.2) is 5.96 Å². The molecule has 0 bridgehead atoms. The van der Waals surface area contributed by atoms with E-state index < -0.39 is 0 Å². The molecule has 22 heavy (non-hydrogen) atoms. The Kier molecular flexibility index (Phi) is 9.08. The molecule has 0 aliphatic heterocycles. The molecular formula is C16H31N5S. The number of thiazole rings is 1. The fraction of sp³-hybridized carbons (Fsp3) is 0.750. The van der Waals surface area contributed by atoms with Crippen LogP contribution in [0.3, 0.4) is 0 Å². The van der Waals surface area contributed by atoms with E-state index in [4.69, 9.17) is 0 Å². The van der Waals surface area contributed by atoms with Gasteiger partial charge in [0.25, 0.3) is 0 Å². The largest absolute Gasteiger partial charge is 0.357 e. The molecule has 0 fully saturated rings. The van der Waals surface area contributed by atoms with E-state index >= 15 is 0 Å². The normalized spacial score (nSPS) is 13.5. The zero-order valence-corrected chi connectivity index (χ0v) is 15.5. The lowest BCUT2D eigenvalue weighted by molar-refractivity contribution is 0.231. The minimum Gasteiger partial charge on any atom is -0.357 e. The van der Waals surface area contributed by atoms with Crippen LogP contribution >= 0.6 is 11.3 Å². The molecule has 0 spiro atoms. The number of nitrogens with zero attached hydrogens (tertiary/aromatic N) is 3. The van der Waals surface area contributed by atoms with Crippen molar-refractivity contribution in [2.75, 3.05) is 26.2 Å². The number of nitrogens with one attached hydrogen (secondary N) is 2. The SMILES string of the molecule is CCNC(=NCc1ncc(CC)s1)NCC(C)N(CC)CC. The van der Waals surface area contributed by atoms with Gasteiger partial charge in [-0.1, -0.05) is 20.8 Å². The second-order valence-electron chi connectivity index (χ2n) is 5.22. The molecule has 0 aliphatic rings. The first kappa shape index (κ1) is 18.9. The topological polar surface area (TPSA) is 52.6 Å². The summed E-state index contributed by atoms with van der Waals surface area (Å²) in [6, 6.07) is 0.491. The van der Waals surface area contributed by atoms with E-state index in [-0.39, 0.29) is 0 Å². The molecule has 1 aromatic heterocycles. The molecule has 1 atom stereocenters. The van der Waals surface area contributed by atoms with Crippen LogP contribution in [-0.4, -0.2) is 48.1 Å². The maximum absolute atomic E-state index is 4.64. The van der Waals surface area contributed by atoms with E-state index in [1.54, 1.807) is 11.3 Å². The zero-order valence-electron chi connectivity index (χ0n) is 14.6. The summed E-state index contributed by atoms with van der Waals surface area (Å²) in [5.74, 6) is 0.870. The van der Waals surface area contributed by atoms with Gasteiger partial charge in [-0.05, 0) is 33.4 Å². The summed E-state index contributed by atoms with van der Waals surface area (Å²) in [5.41, 5.74) is 0. The fourth-order valence-corrected chi connectivity index (χ4v) is 3.08. The van der Waals surface area contributed by atoms with Crippen molar-refractivity contribution >= 4 is 17.3 Å². The molecule has 1 aromatic rings. The Bertz CT molecular complexity index is 439. The van der Waals surface area contributed by atoms with Crippen LogP contribution in [0.5, 0.6) is 0 Å². The van der Waals surface area contributed by atoms with Gasteiger partial charge in [-0.15, -0.1) is 11.3 Å². The van der Waals surface area contributed by atoms with Gasteiger partial charge in [0, 0.05) is 30.2 Å². The van der Waals surface area contributed by atoms with E-state index in [0.717, 1.165) is 43.6 Å². The van der Waals surface area contributed by atoms with Crippen LogP contribution in [0, 0.1) is 0 Å². The first-order chi connectivity index (χ1) is 10.6. The molecule has 0 radical (unpaired) electrons. The maximum Gasteiger partial charge on any atom is 0.191 e. The number of aryl methyl sites for hydroxylation is 1. The number of aromatic nitrogens is 1. The molecule has 0 amide bonds. The molecule has 2 N–H and O–H groups in total. The first-order valence-electron chi connectivity index (χ1n) is 8.34. The van der Waals surface area contributed by atoms with Crippen molar-refractivity contribution in [3.05, 3.63) is 16.1 Å². The minimum atomic E-state index is 0.491. The predicted octanol–water partition coefficient (Wildman–Crippen LogP) is 2.49. The first-order valence-corrected chi connectivity index (χ1v) is 9.15. The Morgan fingerprint density at radius 2 is 2.00 bits per heavy atom. The van der Waals surface area contributed by atoms with Gasteiger partial charge in [0.05, 0.1) is 6.54 Å². The Labute approximate surface area is 139 Å². The number of rotatable bonds is 9. The third-order valence-corrected chi connectivity index (χ3v) is 4.79. The van der Waals surface area contributed by atoms with E-state index in [2.05, 4.69) is 60.1 Å². The van der Waals surface area contributed by atoms with Gasteiger partial charge < -0.3 is 10.6 Å². The fourth-order valence-electron chi connectivity index (χ4n) is 2.29. The molecule has 1 rings (SSSR count). The predicted molar refractivity (Wildman–Crippen MR) is 96.7 cm³/mol. The highest BCUT2D eigenvalue weighted by molar-refractivity contribution is 7.11. The highest BCUT2D eigenvalue weighted by Gasteiger charge is 2.10. The van der Waals surface area contributed by atoms with E-state index in [1.165, 1.54) is 4.88 Å². The van der Waals surface area contributed by atoms with Crippen LogP contribution in [0.15, 0.2) is 11.2 Å². The number of likely N-dealkylation sites (N-methyl/N-ethyl adjacent to an activating group) is 1. The van der Waals surface area contributed by atoms with Crippen molar-refractivity contribution < 1.29 is 0 Å². The lowest BCUT2D eigenvalue weighted by Gasteiger charge is -2.27. The van der Waals surface area contributed by atoms with Crippen molar-refractivity contribution in [1.29, 1.82) is 0 Å². The van der Waals surface area contributed by atoms with E-state index in [0.29, 0.717) is 12.6 Å². The third kappa shape index (κ3) is 6.32. The molecule has 126 valence electrons. The van der Waals surface area contributed by atoms with Gasteiger partial charge in [-0.25, -0.2) is 9.98 Å². The summed E-state index contributed by atoms with van der Waals surface area (Å²) >= 11 is 1.75. The van der Waals surface area contributed by atoms with Crippen LogP contribution in [0.25, 0.3) is 0 Å². The molecule has 0 saturated heterocycles. The zero-order chi connectivity index (χ0) is 16.4. The Balaban J connectivity index is 2.54. The number of guanidine groups is 1. The molecular weight excluding hydrogens is 294 g/mol. The summed E-state index contributed by atoms with van der Waals surface area (Å²) < 4.78 is 0. The van der Waals surface area contributed by atoms with Crippen molar-refractivity contribution in [2.24, 2.45) is 4.99 Å². The molecule has 5 nitrogen and oxygen atoms in total. The summed E-state index contributed by atoms with van der Waals surface area (Å²) in [6.07, 6.45) is 3.00. The average Bonchev–Trinajstić information content (AvgIpc) is 2.99. The van der Waals surface area contributed by atoms with Crippen LogP contribution in [0.2, 0.25) is 0 Å². The smallest absolute Gasteiger partial charge is 0.191 e. The van der Waals surface area contributed by atoms with Gasteiger partial charge >= 0.3 is 0 Å². The number of hydrogen-bond acceptors (Lipinski definition) is 4. The average molecular weight is 326 g/mol. The van der Waals surface area contributed by atoms with Gasteiger partial charge in [-0.3, -0.25) is 4.90 Å². The molecule has 0 aliphatic carbocycles. The van der Waals surface area contributed by atoms with Crippen molar-refractivity contribution in [3.8, 4) is 0 Å². The Morgan fingerprint density at radius 1 is 1.27 bits per heavy atom. The van der Waals surface area contributed by atoms with Crippen molar-refractivity contribution in [1.82, 2.24) is 20.5 Å². The van der Waals surface area contributed by atoms with E-state index in [9.17, 15) is 0 Å². The highest BCUT2D eigenvalue weighted by atomic mass is 32.1. The van der Waals surface area contributed by atoms with Crippen LogP contribution in [0.4, 0.5) is 0 Å². The summed E-state index contributed by atoms with van der Waals surface area (Å²) in [4.78, 5) is 12.8. The summed E-state index contributed by atoms with van der Waals surface area (Å²) in [5, 5.41) is 7.81. The second-order valence-corrected chi connectivity index (χ2v) is 6.42. The van der Waals surface area contributed by atoms with Gasteiger partial charge in [0.1, 0.15) is 5.01 Å². The van der Waals surface area contributed by atoms with Crippen LogP contribution in [0.1, 0.15) is 44.5 Å². The molecule has 0 aromatic carbocycles. The third-order valence-electron chi connectivity index (χ3n) is 3.67.